The number of rotatable bonds is 7. The third kappa shape index (κ3) is 4.58. The first kappa shape index (κ1) is 17.1. The van der Waals surface area contributed by atoms with Crippen LogP contribution in [0.2, 0.25) is 0 Å². The second kappa shape index (κ2) is 7.81. The van der Waals surface area contributed by atoms with Crippen molar-refractivity contribution in [2.45, 2.75) is 34.1 Å². The first-order valence-electron chi connectivity index (χ1n) is 8.10. The Labute approximate surface area is 138 Å². The zero-order valence-corrected chi connectivity index (χ0v) is 14.4. The number of aromatic amines is 1. The normalized spacial score (nSPS) is 10.6. The molecule has 124 valence electrons. The lowest BCUT2D eigenvalue weighted by molar-refractivity contribution is -0.120. The third-order valence-corrected chi connectivity index (χ3v) is 4.07. The van der Waals surface area contributed by atoms with E-state index in [4.69, 9.17) is 0 Å². The molecule has 23 heavy (non-hydrogen) atoms. The Kier molecular flexibility index (Phi) is 5.79. The van der Waals surface area contributed by atoms with Gasteiger partial charge < -0.3 is 10.2 Å². The van der Waals surface area contributed by atoms with Gasteiger partial charge in [-0.2, -0.15) is 5.10 Å². The van der Waals surface area contributed by atoms with Crippen molar-refractivity contribution in [3.05, 3.63) is 46.8 Å². The van der Waals surface area contributed by atoms with Crippen molar-refractivity contribution in [1.29, 1.82) is 0 Å². The zero-order chi connectivity index (χ0) is 16.8. The summed E-state index contributed by atoms with van der Waals surface area (Å²) in [5.74, 6) is 0.0397. The van der Waals surface area contributed by atoms with E-state index in [2.05, 4.69) is 58.5 Å². The molecule has 2 N–H and O–H groups in total. The summed E-state index contributed by atoms with van der Waals surface area (Å²) >= 11 is 0. The van der Waals surface area contributed by atoms with Gasteiger partial charge in [0.1, 0.15) is 0 Å². The van der Waals surface area contributed by atoms with Crippen molar-refractivity contribution in [2.24, 2.45) is 0 Å². The van der Waals surface area contributed by atoms with E-state index in [9.17, 15) is 4.79 Å². The highest BCUT2D eigenvalue weighted by atomic mass is 16.1. The van der Waals surface area contributed by atoms with E-state index in [-0.39, 0.29) is 5.91 Å². The number of nitrogens with zero attached hydrogens (tertiary/aromatic N) is 2. The van der Waals surface area contributed by atoms with Crippen LogP contribution in [0.1, 0.15) is 29.4 Å². The molecule has 5 nitrogen and oxygen atoms in total. The summed E-state index contributed by atoms with van der Waals surface area (Å²) in [7, 11) is 0. The molecule has 0 saturated carbocycles. The molecule has 0 radical (unpaired) electrons. The van der Waals surface area contributed by atoms with Gasteiger partial charge in [0.25, 0.3) is 0 Å². The van der Waals surface area contributed by atoms with Gasteiger partial charge in [0, 0.05) is 36.6 Å². The maximum absolute atomic E-state index is 12.1. The van der Waals surface area contributed by atoms with E-state index in [1.807, 2.05) is 13.8 Å². The standard InChI is InChI=1S/C18H26N4O/c1-5-22(16-8-6-7-13(2)11-16)10-9-19-18(23)12-17-14(3)20-21-15(17)4/h6-8,11H,5,9-10,12H2,1-4H3,(H,19,23)(H,20,21). The predicted molar refractivity (Wildman–Crippen MR) is 93.8 cm³/mol. The van der Waals surface area contributed by atoms with Crippen molar-refractivity contribution in [3.8, 4) is 0 Å². The van der Waals surface area contributed by atoms with Gasteiger partial charge >= 0.3 is 0 Å². The highest BCUT2D eigenvalue weighted by molar-refractivity contribution is 5.79. The predicted octanol–water partition coefficient (Wildman–Crippen LogP) is 2.52. The number of hydrogen-bond donors (Lipinski definition) is 2. The minimum absolute atomic E-state index is 0.0397. The van der Waals surface area contributed by atoms with Crippen molar-refractivity contribution in [2.75, 3.05) is 24.5 Å². The largest absolute Gasteiger partial charge is 0.370 e. The maximum atomic E-state index is 12.1. The molecule has 5 heteroatoms. The highest BCUT2D eigenvalue weighted by Crippen LogP contribution is 2.15. The Morgan fingerprint density at radius 1 is 1.30 bits per heavy atom. The first-order chi connectivity index (χ1) is 11.0. The lowest BCUT2D eigenvalue weighted by Gasteiger charge is -2.23. The number of amides is 1. The minimum atomic E-state index is 0.0397. The molecule has 0 saturated heterocycles. The molecule has 2 rings (SSSR count). The SMILES string of the molecule is CCN(CCNC(=O)Cc1c(C)n[nH]c1C)c1cccc(C)c1. The number of benzene rings is 1. The van der Waals surface area contributed by atoms with E-state index in [0.717, 1.165) is 30.0 Å². The molecule has 0 aliphatic heterocycles. The molecule has 1 heterocycles. The van der Waals surface area contributed by atoms with Gasteiger partial charge in [0.15, 0.2) is 0 Å². The Balaban J connectivity index is 1.84. The molecule has 1 amide bonds. The van der Waals surface area contributed by atoms with Crippen LogP contribution in [-0.2, 0) is 11.2 Å². The molecule has 1 aromatic heterocycles. The minimum Gasteiger partial charge on any atom is -0.370 e. The third-order valence-electron chi connectivity index (χ3n) is 4.07. The van der Waals surface area contributed by atoms with E-state index >= 15 is 0 Å². The van der Waals surface area contributed by atoms with Crippen LogP contribution in [0.25, 0.3) is 0 Å². The fraction of sp³-hybridized carbons (Fsp3) is 0.444. The molecule has 0 fully saturated rings. The van der Waals surface area contributed by atoms with Crippen molar-refractivity contribution < 1.29 is 4.79 Å². The number of anilines is 1. The molecule has 0 atom stereocenters. The second-order valence-electron chi connectivity index (χ2n) is 5.86. The number of aromatic nitrogens is 2. The zero-order valence-electron chi connectivity index (χ0n) is 14.4. The Bertz CT molecular complexity index is 643. The van der Waals surface area contributed by atoms with Gasteiger partial charge in [0.2, 0.25) is 5.91 Å². The van der Waals surface area contributed by atoms with E-state index in [1.165, 1.54) is 11.3 Å². The second-order valence-corrected chi connectivity index (χ2v) is 5.86. The lowest BCUT2D eigenvalue weighted by Crippen LogP contribution is -2.35. The highest BCUT2D eigenvalue weighted by Gasteiger charge is 2.11. The van der Waals surface area contributed by atoms with Crippen LogP contribution >= 0.6 is 0 Å². The fourth-order valence-corrected chi connectivity index (χ4v) is 2.68. The summed E-state index contributed by atoms with van der Waals surface area (Å²) in [5, 5.41) is 10.0. The average molecular weight is 314 g/mol. The summed E-state index contributed by atoms with van der Waals surface area (Å²) in [6, 6.07) is 8.44. The maximum Gasteiger partial charge on any atom is 0.224 e. The molecule has 0 spiro atoms. The fourth-order valence-electron chi connectivity index (χ4n) is 2.68. The van der Waals surface area contributed by atoms with Crippen molar-refractivity contribution >= 4 is 11.6 Å². The average Bonchev–Trinajstić information content (AvgIpc) is 2.83. The summed E-state index contributed by atoms with van der Waals surface area (Å²) in [6.45, 7) is 10.4. The summed E-state index contributed by atoms with van der Waals surface area (Å²) in [6.07, 6.45) is 0.380. The van der Waals surface area contributed by atoms with Crippen molar-refractivity contribution in [1.82, 2.24) is 15.5 Å². The monoisotopic (exact) mass is 314 g/mol. The Morgan fingerprint density at radius 3 is 2.70 bits per heavy atom. The summed E-state index contributed by atoms with van der Waals surface area (Å²) in [4.78, 5) is 14.4. The van der Waals surface area contributed by atoms with Crippen molar-refractivity contribution in [3.63, 3.8) is 0 Å². The van der Waals surface area contributed by atoms with E-state index < -0.39 is 0 Å². The molecule has 2 aromatic rings. The van der Waals surface area contributed by atoms with E-state index in [1.54, 1.807) is 0 Å². The molecule has 0 aliphatic carbocycles. The number of aryl methyl sites for hydroxylation is 3. The van der Waals surface area contributed by atoms with Crippen LogP contribution in [0, 0.1) is 20.8 Å². The molecular weight excluding hydrogens is 288 g/mol. The number of nitrogens with one attached hydrogen (secondary N) is 2. The smallest absolute Gasteiger partial charge is 0.224 e. The Morgan fingerprint density at radius 2 is 2.09 bits per heavy atom. The van der Waals surface area contributed by atoms with Gasteiger partial charge in [-0.3, -0.25) is 9.89 Å². The summed E-state index contributed by atoms with van der Waals surface area (Å²) < 4.78 is 0. The number of likely N-dealkylation sites (N-methyl/N-ethyl adjacent to an activating group) is 1. The van der Waals surface area contributed by atoms with Gasteiger partial charge in [-0.25, -0.2) is 0 Å². The molecular formula is C18H26N4O. The quantitative estimate of drug-likeness (QED) is 0.825. The lowest BCUT2D eigenvalue weighted by atomic mass is 10.1. The van der Waals surface area contributed by atoms with Gasteiger partial charge in [-0.05, 0) is 45.4 Å². The first-order valence-corrected chi connectivity index (χ1v) is 8.10. The Hall–Kier alpha value is -2.30. The molecule has 0 aliphatic rings. The number of carbonyl (C=O) groups excluding carboxylic acids is 1. The van der Waals surface area contributed by atoms with Crippen LogP contribution in [0.4, 0.5) is 5.69 Å². The van der Waals surface area contributed by atoms with Gasteiger partial charge in [0.05, 0.1) is 12.1 Å². The van der Waals surface area contributed by atoms with Crippen LogP contribution in [-0.4, -0.2) is 35.7 Å². The number of H-pyrrole nitrogens is 1. The topological polar surface area (TPSA) is 61.0 Å². The van der Waals surface area contributed by atoms with Crippen LogP contribution in [0.5, 0.6) is 0 Å². The molecule has 0 unspecified atom stereocenters. The summed E-state index contributed by atoms with van der Waals surface area (Å²) in [5.41, 5.74) is 5.30. The number of hydrogen-bond acceptors (Lipinski definition) is 3. The van der Waals surface area contributed by atoms with Crippen LogP contribution in [0.3, 0.4) is 0 Å². The molecule has 1 aromatic carbocycles. The van der Waals surface area contributed by atoms with Crippen LogP contribution in [0.15, 0.2) is 24.3 Å². The molecule has 0 bridgehead atoms. The van der Waals surface area contributed by atoms with Gasteiger partial charge in [-0.1, -0.05) is 12.1 Å². The number of carbonyl (C=O) groups is 1. The van der Waals surface area contributed by atoms with Gasteiger partial charge in [-0.15, -0.1) is 0 Å². The van der Waals surface area contributed by atoms with E-state index in [0.29, 0.717) is 13.0 Å². The van der Waals surface area contributed by atoms with Crippen LogP contribution < -0.4 is 10.2 Å².